The molecule has 1 saturated heterocycles. The molecule has 1 heterocycles. The summed E-state index contributed by atoms with van der Waals surface area (Å²) in [5.74, 6) is 1.06. The maximum atomic E-state index is 9.11. The Labute approximate surface area is 108 Å². The second-order valence-corrected chi connectivity index (χ2v) is 3.80. The number of phenols is 1. The van der Waals surface area contributed by atoms with Crippen LogP contribution in [0.2, 0.25) is 0 Å². The highest BCUT2D eigenvalue weighted by atomic mass is 35.5. The fourth-order valence-corrected chi connectivity index (χ4v) is 1.66. The molecule has 1 aromatic carbocycles. The molecule has 1 N–H and O–H groups in total. The van der Waals surface area contributed by atoms with Gasteiger partial charge in [-0.25, -0.2) is 0 Å². The molecular formula is C12H18ClNO3. The maximum absolute atomic E-state index is 9.11. The van der Waals surface area contributed by atoms with Crippen molar-refractivity contribution >= 4 is 12.4 Å². The molecule has 0 aliphatic carbocycles. The molecule has 17 heavy (non-hydrogen) atoms. The van der Waals surface area contributed by atoms with E-state index < -0.39 is 0 Å². The molecule has 1 aliphatic heterocycles. The highest BCUT2D eigenvalue weighted by molar-refractivity contribution is 5.85. The first-order chi connectivity index (χ1) is 7.84. The Morgan fingerprint density at radius 2 is 1.82 bits per heavy atom. The molecule has 0 atom stereocenters. The summed E-state index contributed by atoms with van der Waals surface area (Å²) < 4.78 is 10.8. The summed E-state index contributed by atoms with van der Waals surface area (Å²) in [6.45, 7) is 5.20. The number of rotatable bonds is 4. The number of benzene rings is 1. The summed E-state index contributed by atoms with van der Waals surface area (Å²) in [6, 6.07) is 6.80. The number of nitrogens with zero attached hydrogens (tertiary/aromatic N) is 1. The average Bonchev–Trinajstić information content (AvgIpc) is 2.33. The zero-order valence-corrected chi connectivity index (χ0v) is 10.5. The van der Waals surface area contributed by atoms with Gasteiger partial charge < -0.3 is 14.6 Å². The fraction of sp³-hybridized carbons (Fsp3) is 0.500. The molecule has 1 aliphatic rings. The predicted octanol–water partition coefficient (Wildman–Crippen LogP) is 1.52. The largest absolute Gasteiger partial charge is 0.508 e. The van der Waals surface area contributed by atoms with E-state index in [4.69, 9.17) is 14.6 Å². The second kappa shape index (κ2) is 7.37. The van der Waals surface area contributed by atoms with Crippen LogP contribution in [-0.2, 0) is 4.74 Å². The summed E-state index contributed by atoms with van der Waals surface area (Å²) >= 11 is 0. The molecule has 0 amide bonds. The third kappa shape index (κ3) is 4.81. The van der Waals surface area contributed by atoms with Gasteiger partial charge in [0.15, 0.2) is 0 Å². The smallest absolute Gasteiger partial charge is 0.119 e. The molecule has 1 fully saturated rings. The summed E-state index contributed by atoms with van der Waals surface area (Å²) in [5, 5.41) is 9.11. The number of hydrogen-bond donors (Lipinski definition) is 1. The first kappa shape index (κ1) is 14.1. The third-order valence-corrected chi connectivity index (χ3v) is 2.62. The highest BCUT2D eigenvalue weighted by Gasteiger charge is 2.09. The van der Waals surface area contributed by atoms with Gasteiger partial charge in [-0.15, -0.1) is 12.4 Å². The summed E-state index contributed by atoms with van der Waals surface area (Å²) in [7, 11) is 0. The van der Waals surface area contributed by atoms with Crippen LogP contribution in [0.4, 0.5) is 0 Å². The highest BCUT2D eigenvalue weighted by Crippen LogP contribution is 2.15. The SMILES string of the molecule is Cl.Oc1ccc(OCCN2CCOCC2)cc1. The van der Waals surface area contributed by atoms with Crippen LogP contribution in [0, 0.1) is 0 Å². The fourth-order valence-electron chi connectivity index (χ4n) is 1.66. The van der Waals surface area contributed by atoms with E-state index in [1.807, 2.05) is 0 Å². The maximum Gasteiger partial charge on any atom is 0.119 e. The van der Waals surface area contributed by atoms with Crippen molar-refractivity contribution in [1.29, 1.82) is 0 Å². The Morgan fingerprint density at radius 1 is 1.18 bits per heavy atom. The Kier molecular flexibility index (Phi) is 6.11. The Morgan fingerprint density at radius 3 is 2.47 bits per heavy atom. The quantitative estimate of drug-likeness (QED) is 0.890. The Hall–Kier alpha value is -0.970. The second-order valence-electron chi connectivity index (χ2n) is 3.80. The van der Waals surface area contributed by atoms with Crippen LogP contribution in [0.15, 0.2) is 24.3 Å². The van der Waals surface area contributed by atoms with Crippen molar-refractivity contribution < 1.29 is 14.6 Å². The van der Waals surface area contributed by atoms with E-state index in [0.29, 0.717) is 6.61 Å². The molecule has 0 aromatic heterocycles. The molecule has 0 spiro atoms. The van der Waals surface area contributed by atoms with Crippen molar-refractivity contribution in [3.05, 3.63) is 24.3 Å². The molecule has 0 radical (unpaired) electrons. The number of ether oxygens (including phenoxy) is 2. The molecule has 1 aromatic rings. The number of aromatic hydroxyl groups is 1. The van der Waals surface area contributed by atoms with Crippen LogP contribution in [0.5, 0.6) is 11.5 Å². The molecular weight excluding hydrogens is 242 g/mol. The molecule has 0 unspecified atom stereocenters. The van der Waals surface area contributed by atoms with Gasteiger partial charge in [-0.05, 0) is 24.3 Å². The van der Waals surface area contributed by atoms with Crippen LogP contribution in [0.25, 0.3) is 0 Å². The van der Waals surface area contributed by atoms with E-state index in [1.165, 1.54) is 0 Å². The zero-order valence-electron chi connectivity index (χ0n) is 9.67. The number of phenolic OH excluding ortho intramolecular Hbond substituents is 1. The number of halogens is 1. The van der Waals surface area contributed by atoms with Gasteiger partial charge in [-0.3, -0.25) is 4.90 Å². The minimum atomic E-state index is 0. The molecule has 4 nitrogen and oxygen atoms in total. The lowest BCUT2D eigenvalue weighted by Gasteiger charge is -2.26. The number of morpholine rings is 1. The van der Waals surface area contributed by atoms with Gasteiger partial charge >= 0.3 is 0 Å². The monoisotopic (exact) mass is 259 g/mol. The van der Waals surface area contributed by atoms with E-state index >= 15 is 0 Å². The lowest BCUT2D eigenvalue weighted by Crippen LogP contribution is -2.38. The van der Waals surface area contributed by atoms with Crippen molar-refractivity contribution in [3.8, 4) is 11.5 Å². The van der Waals surface area contributed by atoms with Gasteiger partial charge in [-0.2, -0.15) is 0 Å². The van der Waals surface area contributed by atoms with E-state index in [-0.39, 0.29) is 18.2 Å². The summed E-state index contributed by atoms with van der Waals surface area (Å²) in [5.41, 5.74) is 0. The normalized spacial score (nSPS) is 16.2. The van der Waals surface area contributed by atoms with Crippen LogP contribution in [-0.4, -0.2) is 49.5 Å². The standard InChI is InChI=1S/C12H17NO3.ClH/c14-11-1-3-12(4-2-11)16-10-7-13-5-8-15-9-6-13;/h1-4,14H,5-10H2;1H. The van der Waals surface area contributed by atoms with Gasteiger partial charge in [0.1, 0.15) is 18.1 Å². The Bertz CT molecular complexity index is 312. The van der Waals surface area contributed by atoms with Crippen molar-refractivity contribution in [2.45, 2.75) is 0 Å². The Balaban J connectivity index is 0.00000144. The van der Waals surface area contributed by atoms with Crippen LogP contribution in [0.3, 0.4) is 0 Å². The van der Waals surface area contributed by atoms with E-state index in [0.717, 1.165) is 38.6 Å². The lowest BCUT2D eigenvalue weighted by atomic mass is 10.3. The van der Waals surface area contributed by atoms with Gasteiger partial charge in [0.2, 0.25) is 0 Å². The third-order valence-electron chi connectivity index (χ3n) is 2.62. The van der Waals surface area contributed by atoms with E-state index in [1.54, 1.807) is 24.3 Å². The first-order valence-electron chi connectivity index (χ1n) is 5.56. The topological polar surface area (TPSA) is 41.9 Å². The molecule has 96 valence electrons. The van der Waals surface area contributed by atoms with Gasteiger partial charge in [0.05, 0.1) is 13.2 Å². The lowest BCUT2D eigenvalue weighted by molar-refractivity contribution is 0.0322. The van der Waals surface area contributed by atoms with Gasteiger partial charge in [0.25, 0.3) is 0 Å². The first-order valence-corrected chi connectivity index (χ1v) is 5.56. The average molecular weight is 260 g/mol. The van der Waals surface area contributed by atoms with E-state index in [9.17, 15) is 0 Å². The van der Waals surface area contributed by atoms with Gasteiger partial charge in [-0.1, -0.05) is 0 Å². The minimum absolute atomic E-state index is 0. The minimum Gasteiger partial charge on any atom is -0.508 e. The van der Waals surface area contributed by atoms with Crippen molar-refractivity contribution in [1.82, 2.24) is 4.90 Å². The van der Waals surface area contributed by atoms with Crippen LogP contribution in [0.1, 0.15) is 0 Å². The zero-order chi connectivity index (χ0) is 11.2. The van der Waals surface area contributed by atoms with Crippen molar-refractivity contribution in [2.75, 3.05) is 39.5 Å². The van der Waals surface area contributed by atoms with Crippen LogP contribution >= 0.6 is 12.4 Å². The van der Waals surface area contributed by atoms with Crippen molar-refractivity contribution in [3.63, 3.8) is 0 Å². The molecule has 0 saturated carbocycles. The molecule has 0 bridgehead atoms. The molecule has 5 heteroatoms. The van der Waals surface area contributed by atoms with E-state index in [2.05, 4.69) is 4.90 Å². The predicted molar refractivity (Wildman–Crippen MR) is 68.1 cm³/mol. The van der Waals surface area contributed by atoms with Gasteiger partial charge in [0, 0.05) is 19.6 Å². The molecule has 2 rings (SSSR count). The number of hydrogen-bond acceptors (Lipinski definition) is 4. The summed E-state index contributed by atoms with van der Waals surface area (Å²) in [4.78, 5) is 2.32. The summed E-state index contributed by atoms with van der Waals surface area (Å²) in [6.07, 6.45) is 0. The van der Waals surface area contributed by atoms with Crippen molar-refractivity contribution in [2.24, 2.45) is 0 Å². The van der Waals surface area contributed by atoms with Crippen LogP contribution < -0.4 is 4.74 Å².